The number of phenolic OH excluding ortho intramolecular Hbond substituents is 1. The Balaban J connectivity index is 1.93. The number of likely N-dealkylation sites (tertiary alicyclic amines) is 1. The number of ether oxygens (including phenoxy) is 1. The quantitative estimate of drug-likeness (QED) is 0.852. The van der Waals surface area contributed by atoms with Crippen molar-refractivity contribution in [2.24, 2.45) is 5.92 Å². The summed E-state index contributed by atoms with van der Waals surface area (Å²) >= 11 is 0. The topological polar surface area (TPSA) is 70.0 Å². The number of benzene rings is 1. The van der Waals surface area contributed by atoms with Crippen LogP contribution in [0.2, 0.25) is 0 Å². The van der Waals surface area contributed by atoms with E-state index in [0.29, 0.717) is 18.2 Å². The largest absolute Gasteiger partial charge is 0.504 e. The van der Waals surface area contributed by atoms with E-state index in [0.717, 1.165) is 6.42 Å². The Kier molecular flexibility index (Phi) is 4.27. The van der Waals surface area contributed by atoms with Gasteiger partial charge in [0.2, 0.25) is 0 Å². The van der Waals surface area contributed by atoms with Gasteiger partial charge >= 0.3 is 0 Å². The van der Waals surface area contributed by atoms with E-state index < -0.39 is 0 Å². The summed E-state index contributed by atoms with van der Waals surface area (Å²) in [5, 5.41) is 18.8. The lowest BCUT2D eigenvalue weighted by molar-refractivity contribution is -0.135. The number of para-hydroxylation sites is 2. The molecule has 1 aliphatic rings. The smallest absolute Gasteiger partial charge is 0.260 e. The van der Waals surface area contributed by atoms with Crippen molar-refractivity contribution in [1.82, 2.24) is 4.90 Å². The van der Waals surface area contributed by atoms with Crippen molar-refractivity contribution in [2.75, 3.05) is 19.8 Å². The minimum absolute atomic E-state index is 0.0174. The van der Waals surface area contributed by atoms with Crippen LogP contribution in [0, 0.1) is 5.92 Å². The van der Waals surface area contributed by atoms with Crippen molar-refractivity contribution in [1.29, 1.82) is 0 Å². The first-order valence-electron chi connectivity index (χ1n) is 6.44. The minimum atomic E-state index is -0.161. The molecule has 2 rings (SSSR count). The third-order valence-corrected chi connectivity index (χ3v) is 3.61. The Morgan fingerprint density at radius 1 is 1.47 bits per heavy atom. The molecule has 0 radical (unpaired) electrons. The van der Waals surface area contributed by atoms with Crippen LogP contribution in [0.5, 0.6) is 11.5 Å². The van der Waals surface area contributed by atoms with Gasteiger partial charge in [0.1, 0.15) is 0 Å². The molecule has 2 N–H and O–H groups in total. The monoisotopic (exact) mass is 265 g/mol. The molecule has 19 heavy (non-hydrogen) atoms. The number of phenols is 1. The molecular weight excluding hydrogens is 246 g/mol. The van der Waals surface area contributed by atoms with E-state index in [-0.39, 0.29) is 30.9 Å². The summed E-state index contributed by atoms with van der Waals surface area (Å²) in [6, 6.07) is 6.41. The highest BCUT2D eigenvalue weighted by Gasteiger charge is 2.33. The third-order valence-electron chi connectivity index (χ3n) is 3.61. The highest BCUT2D eigenvalue weighted by atomic mass is 16.5. The summed E-state index contributed by atoms with van der Waals surface area (Å²) < 4.78 is 5.32. The van der Waals surface area contributed by atoms with Crippen molar-refractivity contribution in [3.05, 3.63) is 24.3 Å². The van der Waals surface area contributed by atoms with E-state index in [1.54, 1.807) is 23.1 Å². The van der Waals surface area contributed by atoms with Crippen molar-refractivity contribution in [3.8, 4) is 11.5 Å². The van der Waals surface area contributed by atoms with E-state index >= 15 is 0 Å². The Morgan fingerprint density at radius 2 is 2.21 bits per heavy atom. The summed E-state index contributed by atoms with van der Waals surface area (Å²) in [7, 11) is 0. The predicted octanol–water partition coefficient (Wildman–Crippen LogP) is 1.00. The van der Waals surface area contributed by atoms with Crippen LogP contribution in [0.15, 0.2) is 24.3 Å². The van der Waals surface area contributed by atoms with Gasteiger partial charge in [-0.2, -0.15) is 0 Å². The zero-order chi connectivity index (χ0) is 13.8. The normalized spacial score (nSPS) is 22.5. The molecule has 1 amide bonds. The maximum atomic E-state index is 12.1. The molecule has 1 heterocycles. The molecule has 1 saturated heterocycles. The molecule has 1 aromatic carbocycles. The number of amides is 1. The van der Waals surface area contributed by atoms with Crippen LogP contribution in [-0.2, 0) is 4.79 Å². The maximum absolute atomic E-state index is 12.1. The molecule has 1 aliphatic heterocycles. The van der Waals surface area contributed by atoms with Gasteiger partial charge in [0.05, 0.1) is 12.6 Å². The van der Waals surface area contributed by atoms with Crippen molar-refractivity contribution in [3.63, 3.8) is 0 Å². The number of nitrogens with zero attached hydrogens (tertiary/aromatic N) is 1. The molecule has 2 unspecified atom stereocenters. The lowest BCUT2D eigenvalue weighted by atomic mass is 10.0. The van der Waals surface area contributed by atoms with Gasteiger partial charge in [-0.25, -0.2) is 0 Å². The Labute approximate surface area is 112 Å². The van der Waals surface area contributed by atoms with E-state index in [1.165, 1.54) is 6.07 Å². The molecular formula is C14H19NO4. The number of carbonyl (C=O) groups is 1. The standard InChI is InChI=1S/C14H19NO4/c1-10-6-7-15(11(10)8-16)14(18)9-19-13-5-3-2-4-12(13)17/h2-5,10-11,16-17H,6-9H2,1H3. The van der Waals surface area contributed by atoms with Gasteiger partial charge in [-0.1, -0.05) is 19.1 Å². The molecule has 104 valence electrons. The van der Waals surface area contributed by atoms with Gasteiger partial charge in [0.25, 0.3) is 5.91 Å². The van der Waals surface area contributed by atoms with Gasteiger partial charge < -0.3 is 19.8 Å². The predicted molar refractivity (Wildman–Crippen MR) is 70.0 cm³/mol. The van der Waals surface area contributed by atoms with E-state index in [4.69, 9.17) is 4.74 Å². The van der Waals surface area contributed by atoms with Gasteiger partial charge in [0, 0.05) is 6.54 Å². The lowest BCUT2D eigenvalue weighted by Gasteiger charge is -2.25. The van der Waals surface area contributed by atoms with E-state index in [2.05, 4.69) is 0 Å². The number of rotatable bonds is 4. The Morgan fingerprint density at radius 3 is 2.89 bits per heavy atom. The highest BCUT2D eigenvalue weighted by molar-refractivity contribution is 5.78. The molecule has 1 aromatic rings. The van der Waals surface area contributed by atoms with Crippen molar-refractivity contribution >= 4 is 5.91 Å². The fraction of sp³-hybridized carbons (Fsp3) is 0.500. The summed E-state index contributed by atoms with van der Waals surface area (Å²) in [4.78, 5) is 13.7. The second kappa shape index (κ2) is 5.93. The van der Waals surface area contributed by atoms with E-state index in [9.17, 15) is 15.0 Å². The van der Waals surface area contributed by atoms with Crippen LogP contribution in [0.1, 0.15) is 13.3 Å². The lowest BCUT2D eigenvalue weighted by Crippen LogP contribution is -2.42. The van der Waals surface area contributed by atoms with Crippen LogP contribution in [0.25, 0.3) is 0 Å². The maximum Gasteiger partial charge on any atom is 0.260 e. The van der Waals surface area contributed by atoms with Crippen LogP contribution in [-0.4, -0.2) is 46.8 Å². The molecule has 0 aliphatic carbocycles. The molecule has 5 nitrogen and oxygen atoms in total. The molecule has 0 saturated carbocycles. The number of carbonyl (C=O) groups excluding carboxylic acids is 1. The van der Waals surface area contributed by atoms with Crippen LogP contribution >= 0.6 is 0 Å². The van der Waals surface area contributed by atoms with Gasteiger partial charge in [-0.15, -0.1) is 0 Å². The molecule has 2 atom stereocenters. The average Bonchev–Trinajstić information content (AvgIpc) is 2.78. The Hall–Kier alpha value is -1.75. The SMILES string of the molecule is CC1CCN(C(=O)COc2ccccc2O)C1CO. The number of hydrogen-bond donors (Lipinski definition) is 2. The molecule has 0 bridgehead atoms. The first-order valence-corrected chi connectivity index (χ1v) is 6.44. The molecule has 5 heteroatoms. The Bertz CT molecular complexity index is 449. The summed E-state index contributed by atoms with van der Waals surface area (Å²) in [6.45, 7) is 2.53. The van der Waals surface area contributed by atoms with Crippen molar-refractivity contribution < 1.29 is 19.7 Å². The summed E-state index contributed by atoms with van der Waals surface area (Å²) in [6.07, 6.45) is 0.896. The zero-order valence-corrected chi connectivity index (χ0v) is 11.0. The third kappa shape index (κ3) is 2.98. The molecule has 0 spiro atoms. The van der Waals surface area contributed by atoms with Crippen LogP contribution in [0.4, 0.5) is 0 Å². The fourth-order valence-electron chi connectivity index (χ4n) is 2.40. The fourth-order valence-corrected chi connectivity index (χ4v) is 2.40. The number of aliphatic hydroxyl groups excluding tert-OH is 1. The summed E-state index contributed by atoms with van der Waals surface area (Å²) in [5.41, 5.74) is 0. The van der Waals surface area contributed by atoms with Gasteiger partial charge in [0.15, 0.2) is 18.1 Å². The minimum Gasteiger partial charge on any atom is -0.504 e. The number of aliphatic hydroxyl groups is 1. The molecule has 1 fully saturated rings. The van der Waals surface area contributed by atoms with Crippen molar-refractivity contribution in [2.45, 2.75) is 19.4 Å². The van der Waals surface area contributed by atoms with Gasteiger partial charge in [-0.3, -0.25) is 4.79 Å². The molecule has 0 aromatic heterocycles. The van der Waals surface area contributed by atoms with Crippen LogP contribution in [0.3, 0.4) is 0 Å². The second-order valence-electron chi connectivity index (χ2n) is 4.86. The van der Waals surface area contributed by atoms with Gasteiger partial charge in [-0.05, 0) is 24.5 Å². The zero-order valence-electron chi connectivity index (χ0n) is 11.0. The first kappa shape index (κ1) is 13.7. The number of aromatic hydroxyl groups is 1. The summed E-state index contributed by atoms with van der Waals surface area (Å²) in [5.74, 6) is 0.457. The first-order chi connectivity index (χ1) is 9.13. The number of hydrogen-bond acceptors (Lipinski definition) is 4. The van der Waals surface area contributed by atoms with E-state index in [1.807, 2.05) is 6.92 Å². The van der Waals surface area contributed by atoms with Crippen LogP contribution < -0.4 is 4.74 Å². The average molecular weight is 265 g/mol. The second-order valence-corrected chi connectivity index (χ2v) is 4.86. The highest BCUT2D eigenvalue weighted by Crippen LogP contribution is 2.26.